The first kappa shape index (κ1) is 19.3. The lowest BCUT2D eigenvalue weighted by atomic mass is 10.2. The number of nitrogens with zero attached hydrogens (tertiary/aromatic N) is 2. The normalized spacial score (nSPS) is 10.9. The average molecular weight is 334 g/mol. The third-order valence-electron chi connectivity index (χ3n) is 2.91. The lowest BCUT2D eigenvalue weighted by Gasteiger charge is -2.18. The van der Waals surface area contributed by atoms with Gasteiger partial charge in [-0.05, 0) is 26.3 Å². The first-order valence-corrected chi connectivity index (χ1v) is 7.70. The summed E-state index contributed by atoms with van der Waals surface area (Å²) in [6.45, 7) is 5.33. The summed E-state index contributed by atoms with van der Waals surface area (Å²) in [6, 6.07) is 9.14. The number of carbonyl (C=O) groups is 3. The van der Waals surface area contributed by atoms with Gasteiger partial charge in [-0.2, -0.15) is 5.10 Å². The van der Waals surface area contributed by atoms with Crippen LogP contribution in [0.4, 0.5) is 0 Å². The van der Waals surface area contributed by atoms with Crippen molar-refractivity contribution in [2.45, 2.75) is 33.7 Å². The molecular weight excluding hydrogens is 312 g/mol. The van der Waals surface area contributed by atoms with E-state index in [0.717, 1.165) is 10.6 Å². The van der Waals surface area contributed by atoms with E-state index in [1.807, 2.05) is 30.3 Å². The van der Waals surface area contributed by atoms with E-state index in [2.05, 4.69) is 5.10 Å². The van der Waals surface area contributed by atoms with Gasteiger partial charge in [0, 0.05) is 0 Å². The van der Waals surface area contributed by atoms with Gasteiger partial charge in [0.15, 0.2) is 0 Å². The third kappa shape index (κ3) is 6.60. The van der Waals surface area contributed by atoms with Gasteiger partial charge in [0.25, 0.3) is 5.91 Å². The predicted octanol–water partition coefficient (Wildman–Crippen LogP) is 1.91. The second-order valence-corrected chi connectivity index (χ2v) is 4.82. The van der Waals surface area contributed by atoms with Gasteiger partial charge < -0.3 is 9.47 Å². The maximum absolute atomic E-state index is 12.3. The first-order chi connectivity index (χ1) is 11.5. The molecule has 1 amide bonds. The number of ether oxygens (including phenoxy) is 2. The Labute approximate surface area is 141 Å². The third-order valence-corrected chi connectivity index (χ3v) is 2.91. The van der Waals surface area contributed by atoms with E-state index in [9.17, 15) is 14.4 Å². The molecule has 0 aromatic heterocycles. The van der Waals surface area contributed by atoms with Crippen LogP contribution in [0.1, 0.15) is 32.8 Å². The molecule has 24 heavy (non-hydrogen) atoms. The average Bonchev–Trinajstić information content (AvgIpc) is 2.55. The van der Waals surface area contributed by atoms with Gasteiger partial charge in [-0.1, -0.05) is 30.3 Å². The zero-order chi connectivity index (χ0) is 17.9. The van der Waals surface area contributed by atoms with Gasteiger partial charge in [0.1, 0.15) is 12.1 Å². The molecule has 130 valence electrons. The molecule has 1 aromatic carbocycles. The van der Waals surface area contributed by atoms with Gasteiger partial charge in [-0.3, -0.25) is 9.59 Å². The van der Waals surface area contributed by atoms with Crippen LogP contribution in [0.15, 0.2) is 35.4 Å². The second kappa shape index (κ2) is 10.1. The van der Waals surface area contributed by atoms with Crippen molar-refractivity contribution in [3.05, 3.63) is 35.9 Å². The van der Waals surface area contributed by atoms with Crippen molar-refractivity contribution in [2.75, 3.05) is 13.2 Å². The fourth-order valence-corrected chi connectivity index (χ4v) is 1.82. The smallest absolute Gasteiger partial charge is 0.354 e. The van der Waals surface area contributed by atoms with Gasteiger partial charge in [-0.15, -0.1) is 0 Å². The summed E-state index contributed by atoms with van der Waals surface area (Å²) < 4.78 is 9.63. The quantitative estimate of drug-likeness (QED) is 0.314. The minimum Gasteiger partial charge on any atom is -0.466 e. The van der Waals surface area contributed by atoms with E-state index in [-0.39, 0.29) is 25.5 Å². The summed E-state index contributed by atoms with van der Waals surface area (Å²) in [4.78, 5) is 35.5. The molecule has 7 nitrogen and oxygen atoms in total. The number of carbonyl (C=O) groups excluding carboxylic acids is 3. The Bertz CT molecular complexity index is 598. The van der Waals surface area contributed by atoms with Crippen LogP contribution in [0.5, 0.6) is 0 Å². The Morgan fingerprint density at radius 1 is 1.04 bits per heavy atom. The Morgan fingerprint density at radius 3 is 2.25 bits per heavy atom. The van der Waals surface area contributed by atoms with Crippen LogP contribution in [0.3, 0.4) is 0 Å². The van der Waals surface area contributed by atoms with E-state index in [1.54, 1.807) is 13.8 Å². The summed E-state index contributed by atoms with van der Waals surface area (Å²) in [5.74, 6) is -1.80. The zero-order valence-corrected chi connectivity index (χ0v) is 14.2. The van der Waals surface area contributed by atoms with Gasteiger partial charge in [0.2, 0.25) is 0 Å². The molecule has 0 unspecified atom stereocenters. The summed E-state index contributed by atoms with van der Waals surface area (Å²) in [5.41, 5.74) is 0.847. The maximum Gasteiger partial charge on any atom is 0.354 e. The molecule has 0 bridgehead atoms. The van der Waals surface area contributed by atoms with Crippen LogP contribution in [0, 0.1) is 0 Å². The van der Waals surface area contributed by atoms with Crippen molar-refractivity contribution in [1.29, 1.82) is 0 Å². The lowest BCUT2D eigenvalue weighted by Crippen LogP contribution is -2.30. The molecule has 1 rings (SSSR count). The summed E-state index contributed by atoms with van der Waals surface area (Å²) >= 11 is 0. The Kier molecular flexibility index (Phi) is 8.18. The topological polar surface area (TPSA) is 85.3 Å². The molecule has 0 fully saturated rings. The van der Waals surface area contributed by atoms with Crippen molar-refractivity contribution < 1.29 is 23.9 Å². The monoisotopic (exact) mass is 334 g/mol. The Morgan fingerprint density at radius 2 is 1.67 bits per heavy atom. The summed E-state index contributed by atoms with van der Waals surface area (Å²) in [7, 11) is 0. The largest absolute Gasteiger partial charge is 0.466 e. The first-order valence-electron chi connectivity index (χ1n) is 7.70. The standard InChI is InChI=1S/C17H22N2O5/c1-4-23-16(21)11-15(20)19(12-14-9-7-6-8-10-14)18-13(3)17(22)24-5-2/h6-10H,4-5,11-12H2,1-3H3. The van der Waals surface area contributed by atoms with Crippen LogP contribution in [0.25, 0.3) is 0 Å². The molecule has 0 aliphatic carbocycles. The molecule has 0 spiro atoms. The molecule has 0 saturated heterocycles. The van der Waals surface area contributed by atoms with E-state index in [1.165, 1.54) is 6.92 Å². The van der Waals surface area contributed by atoms with Crippen LogP contribution < -0.4 is 0 Å². The molecule has 0 aliphatic rings. The number of benzene rings is 1. The molecule has 1 aromatic rings. The molecular formula is C17H22N2O5. The second-order valence-electron chi connectivity index (χ2n) is 4.82. The number of hydrazone groups is 1. The van der Waals surface area contributed by atoms with Crippen molar-refractivity contribution in [2.24, 2.45) is 5.10 Å². The fourth-order valence-electron chi connectivity index (χ4n) is 1.82. The Hall–Kier alpha value is -2.70. The van der Waals surface area contributed by atoms with Crippen molar-refractivity contribution >= 4 is 23.6 Å². The fraction of sp³-hybridized carbons (Fsp3) is 0.412. The van der Waals surface area contributed by atoms with E-state index >= 15 is 0 Å². The SMILES string of the molecule is CCOC(=O)CC(=O)N(Cc1ccccc1)N=C(C)C(=O)OCC. The van der Waals surface area contributed by atoms with Gasteiger partial charge in [0.05, 0.1) is 19.8 Å². The number of hydrogen-bond donors (Lipinski definition) is 0. The van der Waals surface area contributed by atoms with E-state index in [0.29, 0.717) is 0 Å². The molecule has 0 atom stereocenters. The molecule has 0 aliphatic heterocycles. The highest BCUT2D eigenvalue weighted by Gasteiger charge is 2.20. The highest BCUT2D eigenvalue weighted by molar-refractivity contribution is 6.35. The van der Waals surface area contributed by atoms with Crippen LogP contribution in [0.2, 0.25) is 0 Å². The van der Waals surface area contributed by atoms with E-state index < -0.39 is 24.3 Å². The minimum absolute atomic E-state index is 0.0324. The van der Waals surface area contributed by atoms with Crippen molar-refractivity contribution in [1.82, 2.24) is 5.01 Å². The highest BCUT2D eigenvalue weighted by atomic mass is 16.5. The lowest BCUT2D eigenvalue weighted by molar-refractivity contribution is -0.148. The number of amides is 1. The van der Waals surface area contributed by atoms with Crippen LogP contribution in [-0.2, 0) is 30.4 Å². The predicted molar refractivity (Wildman–Crippen MR) is 88.0 cm³/mol. The molecule has 7 heteroatoms. The van der Waals surface area contributed by atoms with Gasteiger partial charge in [-0.25, -0.2) is 9.80 Å². The summed E-state index contributed by atoms with van der Waals surface area (Å²) in [6.07, 6.45) is -0.444. The van der Waals surface area contributed by atoms with Crippen molar-refractivity contribution in [3.63, 3.8) is 0 Å². The number of rotatable bonds is 8. The molecule has 0 heterocycles. The molecule has 0 N–H and O–H groups in total. The summed E-state index contributed by atoms with van der Waals surface area (Å²) in [5, 5.41) is 5.10. The van der Waals surface area contributed by atoms with Crippen molar-refractivity contribution in [3.8, 4) is 0 Å². The number of esters is 2. The maximum atomic E-state index is 12.3. The van der Waals surface area contributed by atoms with E-state index in [4.69, 9.17) is 9.47 Å². The molecule has 0 radical (unpaired) electrons. The van der Waals surface area contributed by atoms with Crippen LogP contribution >= 0.6 is 0 Å². The van der Waals surface area contributed by atoms with Gasteiger partial charge >= 0.3 is 11.9 Å². The number of hydrogen-bond acceptors (Lipinski definition) is 6. The minimum atomic E-state index is -0.635. The Balaban J connectivity index is 2.94. The highest BCUT2D eigenvalue weighted by Crippen LogP contribution is 2.08. The van der Waals surface area contributed by atoms with Crippen LogP contribution in [-0.4, -0.2) is 41.8 Å². The molecule has 0 saturated carbocycles. The zero-order valence-electron chi connectivity index (χ0n) is 14.2.